The van der Waals surface area contributed by atoms with Crippen molar-refractivity contribution in [1.29, 1.82) is 0 Å². The second-order valence-electron chi connectivity index (χ2n) is 6.48. The molecule has 0 atom stereocenters. The average Bonchev–Trinajstić information content (AvgIpc) is 2.73. The van der Waals surface area contributed by atoms with Gasteiger partial charge in [-0.3, -0.25) is 4.79 Å². The van der Waals surface area contributed by atoms with Crippen LogP contribution in [-0.2, 0) is 6.61 Å². The van der Waals surface area contributed by atoms with Gasteiger partial charge in [-0.05, 0) is 47.5 Å². The smallest absolute Gasteiger partial charge is 0.271 e. The van der Waals surface area contributed by atoms with E-state index in [2.05, 4.69) is 10.5 Å². The third kappa shape index (κ3) is 5.45. The standard InChI is InChI=1S/C23H23N3O2/c1-26(2)21-14-10-18(11-15-21)16-24-25-23(27)20-12-8-19(9-13-20)17-28-22-6-4-3-5-7-22/h3-16H,17H2,1-2H3,(H,25,27)/b24-16+. The van der Waals surface area contributed by atoms with Crippen LogP contribution in [0.4, 0.5) is 5.69 Å². The van der Waals surface area contributed by atoms with Crippen LogP contribution in [0.5, 0.6) is 5.75 Å². The van der Waals surface area contributed by atoms with Crippen LogP contribution >= 0.6 is 0 Å². The van der Waals surface area contributed by atoms with Crippen molar-refractivity contribution in [3.8, 4) is 5.75 Å². The van der Waals surface area contributed by atoms with E-state index >= 15 is 0 Å². The minimum absolute atomic E-state index is 0.253. The van der Waals surface area contributed by atoms with Crippen molar-refractivity contribution in [2.45, 2.75) is 6.61 Å². The lowest BCUT2D eigenvalue weighted by Crippen LogP contribution is -2.17. The summed E-state index contributed by atoms with van der Waals surface area (Å²) in [6.45, 7) is 0.451. The molecule has 5 nitrogen and oxygen atoms in total. The Bertz CT molecular complexity index is 918. The number of hydrazone groups is 1. The largest absolute Gasteiger partial charge is 0.489 e. The first-order valence-electron chi connectivity index (χ1n) is 8.99. The molecule has 0 unspecified atom stereocenters. The number of anilines is 1. The van der Waals surface area contributed by atoms with Gasteiger partial charge in [0, 0.05) is 25.3 Å². The maximum atomic E-state index is 12.2. The van der Waals surface area contributed by atoms with Crippen LogP contribution in [0, 0.1) is 0 Å². The molecule has 1 amide bonds. The van der Waals surface area contributed by atoms with E-state index in [0.717, 1.165) is 22.6 Å². The summed E-state index contributed by atoms with van der Waals surface area (Å²) in [6.07, 6.45) is 1.62. The minimum Gasteiger partial charge on any atom is -0.489 e. The van der Waals surface area contributed by atoms with E-state index in [9.17, 15) is 4.79 Å². The summed E-state index contributed by atoms with van der Waals surface area (Å²) in [5.74, 6) is 0.564. The van der Waals surface area contributed by atoms with Crippen LogP contribution in [0.25, 0.3) is 0 Å². The molecule has 0 aromatic heterocycles. The lowest BCUT2D eigenvalue weighted by atomic mass is 10.1. The maximum Gasteiger partial charge on any atom is 0.271 e. The molecule has 0 saturated heterocycles. The zero-order chi connectivity index (χ0) is 19.8. The summed E-state index contributed by atoms with van der Waals surface area (Å²) in [7, 11) is 3.98. The first kappa shape index (κ1) is 19.2. The van der Waals surface area contributed by atoms with Gasteiger partial charge in [-0.2, -0.15) is 5.10 Å². The summed E-state index contributed by atoms with van der Waals surface area (Å²) in [4.78, 5) is 14.2. The molecule has 0 bridgehead atoms. The lowest BCUT2D eigenvalue weighted by Gasteiger charge is -2.11. The molecule has 0 fully saturated rings. The fourth-order valence-electron chi connectivity index (χ4n) is 2.52. The molecule has 0 aliphatic heterocycles. The Hall–Kier alpha value is -3.60. The molecule has 0 heterocycles. The Labute approximate surface area is 165 Å². The highest BCUT2D eigenvalue weighted by Gasteiger charge is 2.04. The molecule has 3 aromatic rings. The van der Waals surface area contributed by atoms with E-state index < -0.39 is 0 Å². The molecule has 0 aliphatic carbocycles. The number of carbonyl (C=O) groups excluding carboxylic acids is 1. The Morgan fingerprint density at radius 3 is 2.29 bits per heavy atom. The van der Waals surface area contributed by atoms with Crippen LogP contribution in [0.1, 0.15) is 21.5 Å². The van der Waals surface area contributed by atoms with Crippen LogP contribution in [0.3, 0.4) is 0 Å². The van der Waals surface area contributed by atoms with Crippen molar-refractivity contribution >= 4 is 17.8 Å². The number of nitrogens with zero attached hydrogens (tertiary/aromatic N) is 2. The second kappa shape index (κ2) is 9.37. The van der Waals surface area contributed by atoms with Crippen LogP contribution in [0.15, 0.2) is 84.0 Å². The Balaban J connectivity index is 1.51. The summed E-state index contributed by atoms with van der Waals surface area (Å²) >= 11 is 0. The highest BCUT2D eigenvalue weighted by atomic mass is 16.5. The van der Waals surface area contributed by atoms with Crippen LogP contribution in [-0.4, -0.2) is 26.2 Å². The van der Waals surface area contributed by atoms with E-state index in [1.165, 1.54) is 0 Å². The van der Waals surface area contributed by atoms with Gasteiger partial charge in [0.2, 0.25) is 0 Å². The normalized spacial score (nSPS) is 10.6. The maximum absolute atomic E-state index is 12.2. The number of nitrogens with one attached hydrogen (secondary N) is 1. The van der Waals surface area contributed by atoms with Gasteiger partial charge >= 0.3 is 0 Å². The fourth-order valence-corrected chi connectivity index (χ4v) is 2.52. The number of benzene rings is 3. The van der Waals surface area contributed by atoms with Crippen molar-refractivity contribution in [2.75, 3.05) is 19.0 Å². The molecular formula is C23H23N3O2. The number of para-hydroxylation sites is 1. The number of hydrogen-bond acceptors (Lipinski definition) is 4. The number of carbonyl (C=O) groups is 1. The third-order valence-corrected chi connectivity index (χ3v) is 4.15. The fraction of sp³-hybridized carbons (Fsp3) is 0.130. The molecule has 1 N–H and O–H groups in total. The molecular weight excluding hydrogens is 350 g/mol. The second-order valence-corrected chi connectivity index (χ2v) is 6.48. The zero-order valence-electron chi connectivity index (χ0n) is 16.0. The molecule has 3 rings (SSSR count). The number of hydrogen-bond donors (Lipinski definition) is 1. The quantitative estimate of drug-likeness (QED) is 0.501. The molecule has 0 radical (unpaired) electrons. The lowest BCUT2D eigenvalue weighted by molar-refractivity contribution is 0.0955. The molecule has 0 spiro atoms. The predicted octanol–water partition coefficient (Wildman–Crippen LogP) is 4.10. The van der Waals surface area contributed by atoms with Gasteiger partial charge < -0.3 is 9.64 Å². The molecule has 0 aliphatic rings. The van der Waals surface area contributed by atoms with Gasteiger partial charge in [0.05, 0.1) is 6.21 Å². The number of ether oxygens (including phenoxy) is 1. The van der Waals surface area contributed by atoms with Crippen molar-refractivity contribution in [1.82, 2.24) is 5.43 Å². The molecule has 142 valence electrons. The van der Waals surface area contributed by atoms with Crippen molar-refractivity contribution < 1.29 is 9.53 Å². The summed E-state index contributed by atoms with van der Waals surface area (Å²) in [5.41, 5.74) is 6.11. The monoisotopic (exact) mass is 373 g/mol. The minimum atomic E-state index is -0.253. The number of amides is 1. The third-order valence-electron chi connectivity index (χ3n) is 4.15. The van der Waals surface area contributed by atoms with Gasteiger partial charge in [0.1, 0.15) is 12.4 Å². The first-order chi connectivity index (χ1) is 13.6. The van der Waals surface area contributed by atoms with Crippen molar-refractivity contribution in [3.05, 3.63) is 95.6 Å². The first-order valence-corrected chi connectivity index (χ1v) is 8.99. The Kier molecular flexibility index (Phi) is 6.41. The van der Waals surface area contributed by atoms with Gasteiger partial charge in [-0.15, -0.1) is 0 Å². The SMILES string of the molecule is CN(C)c1ccc(/C=N/NC(=O)c2ccc(COc3ccccc3)cc2)cc1. The zero-order valence-corrected chi connectivity index (χ0v) is 16.0. The molecule has 28 heavy (non-hydrogen) atoms. The van der Waals surface area contributed by atoms with Gasteiger partial charge in [0.25, 0.3) is 5.91 Å². The van der Waals surface area contributed by atoms with E-state index in [1.54, 1.807) is 18.3 Å². The Morgan fingerprint density at radius 1 is 0.964 bits per heavy atom. The summed E-state index contributed by atoms with van der Waals surface area (Å²) in [6, 6.07) is 24.8. The molecule has 3 aromatic carbocycles. The van der Waals surface area contributed by atoms with E-state index in [-0.39, 0.29) is 5.91 Å². The molecule has 5 heteroatoms. The van der Waals surface area contributed by atoms with Crippen LogP contribution in [0.2, 0.25) is 0 Å². The van der Waals surface area contributed by atoms with Crippen LogP contribution < -0.4 is 15.1 Å². The molecule has 0 saturated carbocycles. The van der Waals surface area contributed by atoms with Gasteiger partial charge in [-0.1, -0.05) is 42.5 Å². The van der Waals surface area contributed by atoms with E-state index in [0.29, 0.717) is 12.2 Å². The van der Waals surface area contributed by atoms with Gasteiger partial charge in [-0.25, -0.2) is 5.43 Å². The summed E-state index contributed by atoms with van der Waals surface area (Å²) < 4.78 is 5.70. The number of rotatable bonds is 7. The van der Waals surface area contributed by atoms with Crippen molar-refractivity contribution in [2.24, 2.45) is 5.10 Å². The Morgan fingerprint density at radius 2 is 1.64 bits per heavy atom. The average molecular weight is 373 g/mol. The highest BCUT2D eigenvalue weighted by Crippen LogP contribution is 2.13. The van der Waals surface area contributed by atoms with Gasteiger partial charge in [0.15, 0.2) is 0 Å². The summed E-state index contributed by atoms with van der Waals surface area (Å²) in [5, 5.41) is 4.03. The van der Waals surface area contributed by atoms with Crippen molar-refractivity contribution in [3.63, 3.8) is 0 Å². The topological polar surface area (TPSA) is 53.9 Å². The van der Waals surface area contributed by atoms with E-state index in [4.69, 9.17) is 4.74 Å². The predicted molar refractivity (Wildman–Crippen MR) is 113 cm³/mol. The van der Waals surface area contributed by atoms with E-state index in [1.807, 2.05) is 85.7 Å². The highest BCUT2D eigenvalue weighted by molar-refractivity contribution is 5.94.